The van der Waals surface area contributed by atoms with E-state index in [-0.39, 0.29) is 0 Å². The first-order chi connectivity index (χ1) is 6.15. The molecular formula is C8H19NO4. The third kappa shape index (κ3) is 34.7. The zero-order chi connectivity index (χ0) is 10.5. The number of hydrogen-bond donors (Lipinski definition) is 2. The highest BCUT2D eigenvalue weighted by Crippen LogP contribution is 1.77. The van der Waals surface area contributed by atoms with E-state index in [4.69, 9.17) is 19.6 Å². The third-order valence-corrected chi connectivity index (χ3v) is 0.730. The number of rotatable bonds is 6. The topological polar surface area (TPSA) is 67.8 Å². The smallest absolute Gasteiger partial charge is 0.300 e. The van der Waals surface area contributed by atoms with Crippen molar-refractivity contribution in [2.24, 2.45) is 0 Å². The molecule has 0 amide bonds. The fraction of sp³-hybridized carbons (Fsp3) is 0.875. The van der Waals surface area contributed by atoms with Crippen molar-refractivity contribution in [2.75, 3.05) is 13.2 Å². The van der Waals surface area contributed by atoms with Crippen LogP contribution in [0.2, 0.25) is 0 Å². The van der Waals surface area contributed by atoms with Gasteiger partial charge >= 0.3 is 0 Å². The van der Waals surface area contributed by atoms with Crippen LogP contribution < -0.4 is 5.64 Å². The lowest BCUT2D eigenvalue weighted by Crippen LogP contribution is -2.16. The minimum Gasteiger partial charge on any atom is -0.481 e. The monoisotopic (exact) mass is 193 g/mol. The van der Waals surface area contributed by atoms with Crippen molar-refractivity contribution in [1.29, 1.82) is 0 Å². The zero-order valence-electron chi connectivity index (χ0n) is 8.50. The molecule has 0 aromatic carbocycles. The van der Waals surface area contributed by atoms with Crippen LogP contribution in [-0.4, -0.2) is 24.3 Å². The number of hydrogen-bond acceptors (Lipinski definition) is 4. The largest absolute Gasteiger partial charge is 0.481 e. The molecule has 5 nitrogen and oxygen atoms in total. The van der Waals surface area contributed by atoms with Crippen molar-refractivity contribution in [3.8, 4) is 0 Å². The zero-order valence-corrected chi connectivity index (χ0v) is 8.50. The molecule has 0 bridgehead atoms. The molecule has 0 unspecified atom stereocenters. The Bertz CT molecular complexity index is 98.3. The Morgan fingerprint density at radius 3 is 1.77 bits per heavy atom. The molecule has 0 heterocycles. The summed E-state index contributed by atoms with van der Waals surface area (Å²) in [6.07, 6.45) is 2.00. The molecule has 0 aliphatic rings. The predicted molar refractivity (Wildman–Crippen MR) is 48.9 cm³/mol. The molecule has 0 aliphatic heterocycles. The van der Waals surface area contributed by atoms with Crippen LogP contribution in [0.25, 0.3) is 0 Å². The summed E-state index contributed by atoms with van der Waals surface area (Å²) in [5.74, 6) is -0.833. The Morgan fingerprint density at radius 1 is 1.23 bits per heavy atom. The Hall–Kier alpha value is -0.650. The molecule has 0 fully saturated rings. The van der Waals surface area contributed by atoms with Crippen molar-refractivity contribution >= 4 is 5.97 Å². The SMILES string of the molecule is CC(=O)O.CCCONOCCC. The van der Waals surface area contributed by atoms with Crippen LogP contribution in [0.4, 0.5) is 0 Å². The van der Waals surface area contributed by atoms with Gasteiger partial charge in [0.2, 0.25) is 0 Å². The van der Waals surface area contributed by atoms with Crippen molar-refractivity contribution in [3.63, 3.8) is 0 Å². The molecule has 0 spiro atoms. The second-order valence-electron chi connectivity index (χ2n) is 2.30. The standard InChI is InChI=1S/C6H15NO2.C2H4O2/c1-3-5-8-7-9-6-4-2;1-2(3)4/h7H,3-6H2,1-2H3;1H3,(H,3,4). The first-order valence-corrected chi connectivity index (χ1v) is 4.33. The molecular weight excluding hydrogens is 174 g/mol. The summed E-state index contributed by atoms with van der Waals surface area (Å²) in [6.45, 7) is 6.57. The summed E-state index contributed by atoms with van der Waals surface area (Å²) in [5.41, 5.74) is 2.39. The van der Waals surface area contributed by atoms with Gasteiger partial charge in [-0.3, -0.25) is 14.5 Å². The van der Waals surface area contributed by atoms with E-state index in [0.717, 1.165) is 19.8 Å². The summed E-state index contributed by atoms with van der Waals surface area (Å²) >= 11 is 0. The van der Waals surface area contributed by atoms with E-state index in [1.807, 2.05) is 13.8 Å². The molecule has 0 radical (unpaired) electrons. The number of aliphatic carboxylic acids is 1. The van der Waals surface area contributed by atoms with E-state index >= 15 is 0 Å². The summed E-state index contributed by atoms with van der Waals surface area (Å²) < 4.78 is 0. The lowest BCUT2D eigenvalue weighted by Gasteiger charge is -2.02. The van der Waals surface area contributed by atoms with Crippen molar-refractivity contribution in [1.82, 2.24) is 5.64 Å². The summed E-state index contributed by atoms with van der Waals surface area (Å²) in [6, 6.07) is 0. The van der Waals surface area contributed by atoms with Gasteiger partial charge in [0.15, 0.2) is 0 Å². The second kappa shape index (κ2) is 13.9. The lowest BCUT2D eigenvalue weighted by atomic mass is 10.5. The van der Waals surface area contributed by atoms with Crippen LogP contribution in [0, 0.1) is 0 Å². The molecule has 0 aromatic rings. The van der Waals surface area contributed by atoms with Crippen LogP contribution in [0.3, 0.4) is 0 Å². The Labute approximate surface area is 78.9 Å². The first kappa shape index (κ1) is 14.9. The number of carbonyl (C=O) groups is 1. The van der Waals surface area contributed by atoms with Crippen LogP contribution in [0.1, 0.15) is 33.6 Å². The van der Waals surface area contributed by atoms with E-state index < -0.39 is 5.97 Å². The maximum atomic E-state index is 9.00. The highest BCUT2D eigenvalue weighted by molar-refractivity contribution is 5.62. The molecule has 0 aliphatic carbocycles. The van der Waals surface area contributed by atoms with E-state index in [0.29, 0.717) is 13.2 Å². The Morgan fingerprint density at radius 2 is 1.54 bits per heavy atom. The van der Waals surface area contributed by atoms with Gasteiger partial charge in [-0.1, -0.05) is 19.5 Å². The molecule has 0 rings (SSSR count). The molecule has 5 heteroatoms. The maximum absolute atomic E-state index is 9.00. The molecule has 0 aromatic heterocycles. The van der Waals surface area contributed by atoms with Crippen LogP contribution in [0.5, 0.6) is 0 Å². The first-order valence-electron chi connectivity index (χ1n) is 4.33. The molecule has 0 saturated heterocycles. The average Bonchev–Trinajstić information content (AvgIpc) is 2.03. The Kier molecular flexibility index (Phi) is 15.9. The number of nitrogens with one attached hydrogen (secondary N) is 1. The lowest BCUT2D eigenvalue weighted by molar-refractivity contribution is -0.170. The van der Waals surface area contributed by atoms with E-state index in [1.54, 1.807) is 0 Å². The van der Waals surface area contributed by atoms with Crippen molar-refractivity contribution < 1.29 is 19.6 Å². The fourth-order valence-corrected chi connectivity index (χ4v) is 0.329. The van der Waals surface area contributed by atoms with E-state index in [1.165, 1.54) is 0 Å². The van der Waals surface area contributed by atoms with Crippen LogP contribution in [0.15, 0.2) is 0 Å². The maximum Gasteiger partial charge on any atom is 0.300 e. The molecule has 0 atom stereocenters. The van der Waals surface area contributed by atoms with Gasteiger partial charge in [-0.25, -0.2) is 0 Å². The van der Waals surface area contributed by atoms with Gasteiger partial charge in [0.05, 0.1) is 13.2 Å². The highest BCUT2D eigenvalue weighted by atomic mass is 16.9. The van der Waals surface area contributed by atoms with Gasteiger partial charge in [-0.15, -0.1) is 0 Å². The summed E-state index contributed by atoms with van der Waals surface area (Å²) in [5, 5.41) is 7.42. The van der Waals surface area contributed by atoms with Gasteiger partial charge in [-0.05, 0) is 12.8 Å². The fourth-order valence-electron chi connectivity index (χ4n) is 0.329. The quantitative estimate of drug-likeness (QED) is 0.492. The number of carboxylic acids is 1. The third-order valence-electron chi connectivity index (χ3n) is 0.730. The van der Waals surface area contributed by atoms with Gasteiger partial charge in [0.1, 0.15) is 0 Å². The van der Waals surface area contributed by atoms with E-state index in [9.17, 15) is 0 Å². The molecule has 2 N–H and O–H groups in total. The van der Waals surface area contributed by atoms with Crippen molar-refractivity contribution in [2.45, 2.75) is 33.6 Å². The average molecular weight is 193 g/mol. The molecule has 13 heavy (non-hydrogen) atoms. The summed E-state index contributed by atoms with van der Waals surface area (Å²) in [4.78, 5) is 18.6. The second-order valence-corrected chi connectivity index (χ2v) is 2.30. The van der Waals surface area contributed by atoms with Gasteiger partial charge < -0.3 is 5.11 Å². The van der Waals surface area contributed by atoms with Gasteiger partial charge in [0.25, 0.3) is 5.97 Å². The summed E-state index contributed by atoms with van der Waals surface area (Å²) in [7, 11) is 0. The Balaban J connectivity index is 0. The molecule has 0 saturated carbocycles. The van der Waals surface area contributed by atoms with E-state index in [2.05, 4.69) is 5.64 Å². The van der Waals surface area contributed by atoms with Gasteiger partial charge in [-0.2, -0.15) is 0 Å². The van der Waals surface area contributed by atoms with Crippen LogP contribution >= 0.6 is 0 Å². The van der Waals surface area contributed by atoms with Crippen LogP contribution in [-0.2, 0) is 14.5 Å². The predicted octanol–water partition coefficient (Wildman–Crippen LogP) is 1.35. The van der Waals surface area contributed by atoms with Crippen molar-refractivity contribution in [3.05, 3.63) is 0 Å². The number of carboxylic acid groups (broad SMARTS) is 1. The highest BCUT2D eigenvalue weighted by Gasteiger charge is 1.82. The minimum absolute atomic E-state index is 0.698. The normalized spacial score (nSPS) is 8.85. The van der Waals surface area contributed by atoms with Gasteiger partial charge in [0, 0.05) is 6.92 Å². The minimum atomic E-state index is -0.833. The molecule has 80 valence electrons.